The summed E-state index contributed by atoms with van der Waals surface area (Å²) in [5.74, 6) is 1.71. The van der Waals surface area contributed by atoms with Gasteiger partial charge >= 0.3 is 0 Å². The third-order valence-corrected chi connectivity index (χ3v) is 3.48. The van der Waals surface area contributed by atoms with E-state index in [9.17, 15) is 0 Å². The predicted molar refractivity (Wildman–Crippen MR) is 72.3 cm³/mol. The first-order chi connectivity index (χ1) is 8.76. The van der Waals surface area contributed by atoms with E-state index in [1.807, 2.05) is 6.07 Å². The van der Waals surface area contributed by atoms with Gasteiger partial charge in [0.05, 0.1) is 14.2 Å². The van der Waals surface area contributed by atoms with Crippen molar-refractivity contribution in [3.63, 3.8) is 0 Å². The van der Waals surface area contributed by atoms with Gasteiger partial charge in [0.2, 0.25) is 0 Å². The maximum absolute atomic E-state index is 5.30. The Labute approximate surface area is 109 Å². The Hall–Kier alpha value is -1.26. The van der Waals surface area contributed by atoms with Crippen LogP contribution < -0.4 is 14.8 Å². The summed E-state index contributed by atoms with van der Waals surface area (Å²) < 4.78 is 10.6. The van der Waals surface area contributed by atoms with Crippen molar-refractivity contribution in [2.75, 3.05) is 33.9 Å². The summed E-state index contributed by atoms with van der Waals surface area (Å²) in [4.78, 5) is 2.48. The van der Waals surface area contributed by atoms with E-state index >= 15 is 0 Å². The highest BCUT2D eigenvalue weighted by Gasteiger charge is 2.23. The zero-order chi connectivity index (χ0) is 13.0. The fourth-order valence-electron chi connectivity index (χ4n) is 2.22. The second-order valence-electron chi connectivity index (χ2n) is 4.60. The fourth-order valence-corrected chi connectivity index (χ4v) is 2.22. The van der Waals surface area contributed by atoms with Crippen LogP contribution in [0.25, 0.3) is 0 Å². The van der Waals surface area contributed by atoms with Crippen LogP contribution in [0.5, 0.6) is 11.5 Å². The van der Waals surface area contributed by atoms with E-state index in [0.717, 1.165) is 37.7 Å². The van der Waals surface area contributed by atoms with Crippen molar-refractivity contribution in [2.24, 2.45) is 0 Å². The van der Waals surface area contributed by atoms with Crippen molar-refractivity contribution in [2.45, 2.75) is 19.5 Å². The average molecular weight is 250 g/mol. The third kappa shape index (κ3) is 2.94. The van der Waals surface area contributed by atoms with Crippen LogP contribution in [-0.4, -0.2) is 44.8 Å². The summed E-state index contributed by atoms with van der Waals surface area (Å²) >= 11 is 0. The van der Waals surface area contributed by atoms with Gasteiger partial charge in [-0.05, 0) is 24.2 Å². The molecule has 0 bridgehead atoms. The van der Waals surface area contributed by atoms with Crippen LogP contribution in [0.4, 0.5) is 0 Å². The van der Waals surface area contributed by atoms with E-state index in [-0.39, 0.29) is 0 Å². The Morgan fingerprint density at radius 1 is 1.17 bits per heavy atom. The predicted octanol–water partition coefficient (Wildman–Crippen LogP) is 1.50. The van der Waals surface area contributed by atoms with Gasteiger partial charge in [-0.1, -0.05) is 6.92 Å². The molecule has 1 aliphatic heterocycles. The molecule has 18 heavy (non-hydrogen) atoms. The highest BCUT2D eigenvalue weighted by molar-refractivity contribution is 5.38. The van der Waals surface area contributed by atoms with E-state index in [1.54, 1.807) is 14.2 Å². The molecule has 0 unspecified atom stereocenters. The molecule has 1 aromatic rings. The number of rotatable bonds is 6. The lowest BCUT2D eigenvalue weighted by molar-refractivity contribution is 0.145. The van der Waals surface area contributed by atoms with Gasteiger partial charge in [0.25, 0.3) is 0 Å². The Bertz CT molecular complexity index is 369. The molecule has 100 valence electrons. The number of hydrogen-bond donors (Lipinski definition) is 1. The van der Waals surface area contributed by atoms with Gasteiger partial charge in [0.1, 0.15) is 11.5 Å². The van der Waals surface area contributed by atoms with Gasteiger partial charge in [-0.25, -0.2) is 0 Å². The van der Waals surface area contributed by atoms with Crippen molar-refractivity contribution in [1.29, 1.82) is 0 Å². The summed E-state index contributed by atoms with van der Waals surface area (Å²) in [7, 11) is 3.37. The van der Waals surface area contributed by atoms with Gasteiger partial charge in [-0.3, -0.25) is 4.90 Å². The van der Waals surface area contributed by atoms with Crippen LogP contribution in [0.2, 0.25) is 0 Å². The van der Waals surface area contributed by atoms with Crippen LogP contribution in [0.3, 0.4) is 0 Å². The molecule has 1 N–H and O–H groups in total. The van der Waals surface area contributed by atoms with Gasteiger partial charge in [-0.15, -0.1) is 0 Å². The highest BCUT2D eigenvalue weighted by atomic mass is 16.5. The summed E-state index contributed by atoms with van der Waals surface area (Å²) in [5.41, 5.74) is 1.24. The molecule has 1 fully saturated rings. The minimum Gasteiger partial charge on any atom is -0.497 e. The molecular formula is C14H22N2O2. The van der Waals surface area contributed by atoms with Crippen LogP contribution >= 0.6 is 0 Å². The number of ether oxygens (including phenoxy) is 2. The summed E-state index contributed by atoms with van der Waals surface area (Å²) in [6.45, 7) is 6.39. The van der Waals surface area contributed by atoms with E-state index in [0.29, 0.717) is 6.04 Å². The van der Waals surface area contributed by atoms with Crippen LogP contribution in [-0.2, 0) is 6.54 Å². The number of likely N-dealkylation sites (N-methyl/N-ethyl adjacent to an activating group) is 1. The zero-order valence-corrected chi connectivity index (χ0v) is 11.4. The molecule has 0 radical (unpaired) electrons. The Morgan fingerprint density at radius 3 is 2.17 bits per heavy atom. The molecule has 1 aliphatic rings. The normalized spacial score (nSPS) is 15.6. The maximum Gasteiger partial charge on any atom is 0.122 e. The number of benzene rings is 1. The van der Waals surface area contributed by atoms with Crippen molar-refractivity contribution < 1.29 is 9.47 Å². The van der Waals surface area contributed by atoms with Gasteiger partial charge in [-0.2, -0.15) is 0 Å². The number of hydrogen-bond acceptors (Lipinski definition) is 4. The molecule has 1 heterocycles. The monoisotopic (exact) mass is 250 g/mol. The molecule has 1 saturated heterocycles. The first-order valence-electron chi connectivity index (χ1n) is 6.43. The molecule has 4 heteroatoms. The van der Waals surface area contributed by atoms with E-state index in [1.165, 1.54) is 5.56 Å². The van der Waals surface area contributed by atoms with Crippen molar-refractivity contribution in [1.82, 2.24) is 10.2 Å². The van der Waals surface area contributed by atoms with Crippen molar-refractivity contribution in [3.8, 4) is 11.5 Å². The second kappa shape index (κ2) is 6.07. The fraction of sp³-hybridized carbons (Fsp3) is 0.571. The Kier molecular flexibility index (Phi) is 4.44. The van der Waals surface area contributed by atoms with Gasteiger partial charge in [0, 0.05) is 31.7 Å². The van der Waals surface area contributed by atoms with Crippen LogP contribution in [0.15, 0.2) is 18.2 Å². The Balaban J connectivity index is 2.10. The Morgan fingerprint density at radius 2 is 1.78 bits per heavy atom. The largest absolute Gasteiger partial charge is 0.497 e. The summed E-state index contributed by atoms with van der Waals surface area (Å²) in [6.07, 6.45) is 0. The first-order valence-corrected chi connectivity index (χ1v) is 6.43. The molecule has 0 atom stereocenters. The number of nitrogens with zero attached hydrogens (tertiary/aromatic N) is 1. The highest BCUT2D eigenvalue weighted by Crippen LogP contribution is 2.24. The molecule has 2 rings (SSSR count). The summed E-state index contributed by atoms with van der Waals surface area (Å²) in [6, 6.07) is 6.73. The van der Waals surface area contributed by atoms with Crippen molar-refractivity contribution >= 4 is 0 Å². The maximum atomic E-state index is 5.30. The lowest BCUT2D eigenvalue weighted by Gasteiger charge is -2.37. The van der Waals surface area contributed by atoms with E-state index in [2.05, 4.69) is 29.3 Å². The minimum atomic E-state index is 0.659. The smallest absolute Gasteiger partial charge is 0.122 e. The molecule has 4 nitrogen and oxygen atoms in total. The lowest BCUT2D eigenvalue weighted by atomic mass is 10.1. The van der Waals surface area contributed by atoms with Crippen LogP contribution in [0, 0.1) is 0 Å². The molecular weight excluding hydrogens is 228 g/mol. The topological polar surface area (TPSA) is 33.7 Å². The first kappa shape index (κ1) is 13.2. The SMILES string of the molecule is CCN(Cc1cc(OC)cc(OC)c1)C1CNC1. The lowest BCUT2D eigenvalue weighted by Crippen LogP contribution is -2.56. The molecule has 0 aromatic heterocycles. The standard InChI is InChI=1S/C14H22N2O2/c1-4-16(12-8-15-9-12)10-11-5-13(17-2)7-14(6-11)18-3/h5-7,12,15H,4,8-10H2,1-3H3. The third-order valence-electron chi connectivity index (χ3n) is 3.48. The summed E-state index contributed by atoms with van der Waals surface area (Å²) in [5, 5.41) is 3.32. The molecule has 1 aromatic carbocycles. The molecule has 0 aliphatic carbocycles. The average Bonchev–Trinajstić information content (AvgIpc) is 2.35. The van der Waals surface area contributed by atoms with E-state index in [4.69, 9.17) is 9.47 Å². The van der Waals surface area contributed by atoms with Crippen LogP contribution in [0.1, 0.15) is 12.5 Å². The minimum absolute atomic E-state index is 0.659. The quantitative estimate of drug-likeness (QED) is 0.829. The van der Waals surface area contributed by atoms with Gasteiger partial charge in [0.15, 0.2) is 0 Å². The van der Waals surface area contributed by atoms with Gasteiger partial charge < -0.3 is 14.8 Å². The number of nitrogens with one attached hydrogen (secondary N) is 1. The molecule has 0 spiro atoms. The van der Waals surface area contributed by atoms with E-state index < -0.39 is 0 Å². The van der Waals surface area contributed by atoms with Crippen molar-refractivity contribution in [3.05, 3.63) is 23.8 Å². The second-order valence-corrected chi connectivity index (χ2v) is 4.60. The zero-order valence-electron chi connectivity index (χ0n) is 11.4. The molecule has 0 amide bonds. The number of methoxy groups -OCH3 is 2. The molecule has 0 saturated carbocycles.